The van der Waals surface area contributed by atoms with Crippen molar-refractivity contribution < 1.29 is 47.5 Å². The lowest BCUT2D eigenvalue weighted by molar-refractivity contribution is -0.286. The molecule has 2 atom stereocenters. The molecule has 3 heterocycles. The fraction of sp³-hybridized carbons (Fsp3) is 0.423. The maximum atomic E-state index is 15.9. The molecule has 38 heavy (non-hydrogen) atoms. The minimum absolute atomic E-state index is 0.0195. The van der Waals surface area contributed by atoms with Crippen molar-refractivity contribution in [2.45, 2.75) is 49.5 Å². The number of hydrogen-bond donors (Lipinski definition) is 4. The van der Waals surface area contributed by atoms with Gasteiger partial charge in [0.2, 0.25) is 5.91 Å². The molecule has 1 amide bonds. The lowest BCUT2D eigenvalue weighted by Crippen LogP contribution is -2.39. The number of nitrogens with two attached hydrogens (primary N) is 1. The Hall–Kier alpha value is -3.48. The molecule has 9 nitrogen and oxygen atoms in total. The van der Waals surface area contributed by atoms with Crippen LogP contribution in [0.4, 0.5) is 13.2 Å². The minimum Gasteiger partial charge on any atom is -0.491 e. The number of alkyl halides is 2. The van der Waals surface area contributed by atoms with E-state index in [2.05, 4.69) is 4.74 Å². The fourth-order valence-electron chi connectivity index (χ4n) is 5.40. The molecule has 1 fully saturated rings. The van der Waals surface area contributed by atoms with E-state index in [-0.39, 0.29) is 47.9 Å². The Bertz CT molecular complexity index is 1500. The number of benzene rings is 2. The molecule has 2 aliphatic heterocycles. The number of carbonyl (C=O) groups excluding carboxylic acids is 1. The van der Waals surface area contributed by atoms with Gasteiger partial charge in [-0.15, -0.1) is 8.78 Å². The van der Waals surface area contributed by atoms with E-state index in [0.717, 1.165) is 0 Å². The van der Waals surface area contributed by atoms with Gasteiger partial charge in [-0.05, 0) is 44.0 Å². The summed E-state index contributed by atoms with van der Waals surface area (Å²) in [6.07, 6.45) is -3.78. The standard InChI is InChI=1S/C26H25F3N2O7/c1-24(23(30)35)11-36-21-15(24)6-18-22(38-26(28,29)37-18)20(21)14-4-12-5-19(25(10-33)2-3-25)31(8-13(34)9-32)17(12)7-16(14)27/h4-7,13,32-34H,2-3,8-11H2,1H3,(H2,30,35)/t13-,24?/m1/s1. The summed E-state index contributed by atoms with van der Waals surface area (Å²) in [6, 6.07) is 5.57. The molecule has 0 bridgehead atoms. The first kappa shape index (κ1) is 24.8. The van der Waals surface area contributed by atoms with Gasteiger partial charge in [0, 0.05) is 27.6 Å². The Morgan fingerprint density at radius 2 is 1.89 bits per heavy atom. The highest BCUT2D eigenvalue weighted by molar-refractivity contribution is 5.95. The van der Waals surface area contributed by atoms with Crippen LogP contribution in [0.1, 0.15) is 31.0 Å². The summed E-state index contributed by atoms with van der Waals surface area (Å²) in [6.45, 7) is 0.582. The van der Waals surface area contributed by atoms with E-state index in [1.54, 1.807) is 10.6 Å². The molecule has 1 unspecified atom stereocenters. The second-order valence-electron chi connectivity index (χ2n) is 10.4. The van der Waals surface area contributed by atoms with Crippen LogP contribution in [0, 0.1) is 5.82 Å². The molecule has 0 saturated heterocycles. The minimum atomic E-state index is -4.02. The van der Waals surface area contributed by atoms with Crippen LogP contribution in [0.5, 0.6) is 17.2 Å². The number of amides is 1. The number of carbonyl (C=O) groups is 1. The lowest BCUT2D eigenvalue weighted by Gasteiger charge is -2.19. The summed E-state index contributed by atoms with van der Waals surface area (Å²) in [5.41, 5.74) is 4.57. The normalized spacial score (nSPS) is 22.8. The van der Waals surface area contributed by atoms with Crippen LogP contribution in [0.3, 0.4) is 0 Å². The van der Waals surface area contributed by atoms with Gasteiger partial charge >= 0.3 is 6.29 Å². The molecule has 3 aliphatic rings. The lowest BCUT2D eigenvalue weighted by atomic mass is 9.82. The Kier molecular flexibility index (Phi) is 5.24. The number of halogens is 3. The van der Waals surface area contributed by atoms with Crippen molar-refractivity contribution in [1.82, 2.24) is 4.57 Å². The van der Waals surface area contributed by atoms with Gasteiger partial charge in [0.1, 0.15) is 23.6 Å². The summed E-state index contributed by atoms with van der Waals surface area (Å²) < 4.78 is 61.0. The molecule has 5 N–H and O–H groups in total. The van der Waals surface area contributed by atoms with Crippen LogP contribution >= 0.6 is 0 Å². The van der Waals surface area contributed by atoms with Crippen LogP contribution in [0.2, 0.25) is 0 Å². The molecule has 1 aliphatic carbocycles. The van der Waals surface area contributed by atoms with Crippen LogP contribution in [-0.4, -0.2) is 58.0 Å². The van der Waals surface area contributed by atoms with Crippen molar-refractivity contribution in [3.05, 3.63) is 41.3 Å². The van der Waals surface area contributed by atoms with E-state index < -0.39 is 47.3 Å². The molecule has 0 radical (unpaired) electrons. The summed E-state index contributed by atoms with van der Waals surface area (Å²) in [7, 11) is 0. The van der Waals surface area contributed by atoms with E-state index >= 15 is 4.39 Å². The molecular weight excluding hydrogens is 509 g/mol. The molecule has 1 aromatic heterocycles. The van der Waals surface area contributed by atoms with Crippen LogP contribution in [0.15, 0.2) is 24.3 Å². The van der Waals surface area contributed by atoms with E-state index in [0.29, 0.717) is 29.4 Å². The number of aliphatic hydroxyl groups excluding tert-OH is 3. The topological polar surface area (TPSA) is 136 Å². The highest BCUT2D eigenvalue weighted by atomic mass is 19.3. The van der Waals surface area contributed by atoms with Crippen molar-refractivity contribution in [2.75, 3.05) is 19.8 Å². The van der Waals surface area contributed by atoms with Gasteiger partial charge in [-0.2, -0.15) is 0 Å². The number of rotatable bonds is 7. The smallest absolute Gasteiger partial charge is 0.491 e. The fourth-order valence-corrected chi connectivity index (χ4v) is 5.40. The van der Waals surface area contributed by atoms with Crippen molar-refractivity contribution >= 4 is 16.8 Å². The highest BCUT2D eigenvalue weighted by Gasteiger charge is 2.51. The summed E-state index contributed by atoms with van der Waals surface area (Å²) in [5, 5.41) is 30.1. The van der Waals surface area contributed by atoms with Gasteiger partial charge in [0.15, 0.2) is 11.5 Å². The molecular formula is C26H25F3N2O7. The SMILES string of the molecule is CC1(C(N)=O)COc2c1cc1c(c2-c2cc3cc(C4(CO)CC4)n(C[C@@H](O)CO)c3cc2F)OC(F)(F)O1. The summed E-state index contributed by atoms with van der Waals surface area (Å²) in [4.78, 5) is 12.3. The zero-order valence-corrected chi connectivity index (χ0v) is 20.3. The quantitative estimate of drug-likeness (QED) is 0.365. The second kappa shape index (κ2) is 8.01. The average molecular weight is 534 g/mol. The van der Waals surface area contributed by atoms with Gasteiger partial charge < -0.3 is 39.8 Å². The zero-order chi connectivity index (χ0) is 27.2. The van der Waals surface area contributed by atoms with Gasteiger partial charge in [-0.3, -0.25) is 4.79 Å². The number of aromatic nitrogens is 1. The maximum Gasteiger partial charge on any atom is 0.586 e. The third-order valence-corrected chi connectivity index (χ3v) is 7.85. The van der Waals surface area contributed by atoms with E-state index in [9.17, 15) is 28.9 Å². The van der Waals surface area contributed by atoms with Crippen molar-refractivity contribution in [3.8, 4) is 28.4 Å². The monoisotopic (exact) mass is 534 g/mol. The van der Waals surface area contributed by atoms with Crippen molar-refractivity contribution in [3.63, 3.8) is 0 Å². The molecule has 2 aromatic carbocycles. The van der Waals surface area contributed by atoms with Gasteiger partial charge in [0.05, 0.1) is 36.9 Å². The molecule has 12 heteroatoms. The number of hydrogen-bond acceptors (Lipinski definition) is 7. The number of aliphatic hydroxyl groups is 3. The van der Waals surface area contributed by atoms with E-state index in [1.807, 2.05) is 0 Å². The van der Waals surface area contributed by atoms with Crippen LogP contribution in [0.25, 0.3) is 22.0 Å². The van der Waals surface area contributed by atoms with Crippen LogP contribution < -0.4 is 19.9 Å². The number of nitrogens with zero attached hydrogens (tertiary/aromatic N) is 1. The number of ether oxygens (including phenoxy) is 3. The van der Waals surface area contributed by atoms with Crippen LogP contribution in [-0.2, 0) is 22.2 Å². The third kappa shape index (κ3) is 3.47. The molecule has 202 valence electrons. The zero-order valence-electron chi connectivity index (χ0n) is 20.3. The Morgan fingerprint density at radius 1 is 1.16 bits per heavy atom. The number of primary amides is 1. The predicted molar refractivity (Wildman–Crippen MR) is 127 cm³/mol. The number of fused-ring (bicyclic) bond motifs is 3. The van der Waals surface area contributed by atoms with Gasteiger partial charge in [0.25, 0.3) is 0 Å². The predicted octanol–water partition coefficient (Wildman–Crippen LogP) is 2.28. The third-order valence-electron chi connectivity index (χ3n) is 7.85. The van der Waals surface area contributed by atoms with Gasteiger partial charge in [-0.1, -0.05) is 0 Å². The second-order valence-corrected chi connectivity index (χ2v) is 10.4. The summed E-state index contributed by atoms with van der Waals surface area (Å²) in [5.74, 6) is -2.42. The Balaban J connectivity index is 1.60. The summed E-state index contributed by atoms with van der Waals surface area (Å²) >= 11 is 0. The van der Waals surface area contributed by atoms with Crippen molar-refractivity contribution in [1.29, 1.82) is 0 Å². The average Bonchev–Trinajstić information content (AvgIpc) is 3.36. The van der Waals surface area contributed by atoms with Gasteiger partial charge in [-0.25, -0.2) is 4.39 Å². The van der Waals surface area contributed by atoms with Crippen molar-refractivity contribution in [2.24, 2.45) is 5.73 Å². The Labute approximate surface area is 214 Å². The maximum absolute atomic E-state index is 15.9. The molecule has 3 aromatic rings. The molecule has 0 spiro atoms. The first-order valence-corrected chi connectivity index (χ1v) is 12.1. The van der Waals surface area contributed by atoms with E-state index in [1.165, 1.54) is 25.1 Å². The molecule has 1 saturated carbocycles. The largest absolute Gasteiger partial charge is 0.586 e. The highest BCUT2D eigenvalue weighted by Crippen LogP contribution is 2.58. The Morgan fingerprint density at radius 3 is 2.53 bits per heavy atom. The first-order chi connectivity index (χ1) is 17.9. The van der Waals surface area contributed by atoms with E-state index in [4.69, 9.17) is 15.2 Å². The first-order valence-electron chi connectivity index (χ1n) is 12.1. The molecule has 6 rings (SSSR count).